The van der Waals surface area contributed by atoms with Crippen LogP contribution in [0.1, 0.15) is 5.56 Å². The number of fused-ring (bicyclic) bond motifs is 1. The van der Waals surface area contributed by atoms with Crippen LogP contribution >= 0.6 is 15.9 Å². The molecule has 0 aromatic heterocycles. The molecule has 114 valence electrons. The Balaban J connectivity index is 1.78. The lowest BCUT2D eigenvalue weighted by molar-refractivity contribution is 0.135. The van der Waals surface area contributed by atoms with Gasteiger partial charge < -0.3 is 14.8 Å². The van der Waals surface area contributed by atoms with E-state index in [9.17, 15) is 0 Å². The van der Waals surface area contributed by atoms with E-state index >= 15 is 0 Å². The number of halogens is 1. The lowest BCUT2D eigenvalue weighted by Crippen LogP contribution is -2.23. The smallest absolute Gasteiger partial charge is 0.0591 e. The molecule has 0 aliphatic carbocycles. The standard InChI is InChI=1S/C17H22BrNO2/c1-20-12-9-19-10-13-21-11-8-14-6-7-17(18)16-5-3-2-4-15(14)16/h2-7,19H,8-13H2,1H3. The number of rotatable bonds is 9. The number of methoxy groups -OCH3 is 1. The van der Waals surface area contributed by atoms with Crippen LogP contribution in [-0.4, -0.2) is 40.0 Å². The van der Waals surface area contributed by atoms with Gasteiger partial charge in [-0.15, -0.1) is 0 Å². The molecule has 0 spiro atoms. The van der Waals surface area contributed by atoms with E-state index in [2.05, 4.69) is 57.6 Å². The van der Waals surface area contributed by atoms with E-state index < -0.39 is 0 Å². The fourth-order valence-electron chi connectivity index (χ4n) is 2.27. The van der Waals surface area contributed by atoms with E-state index in [1.807, 2.05) is 0 Å². The highest BCUT2D eigenvalue weighted by Gasteiger charge is 2.03. The zero-order chi connectivity index (χ0) is 14.9. The molecule has 0 heterocycles. The van der Waals surface area contributed by atoms with Gasteiger partial charge in [0.15, 0.2) is 0 Å². The van der Waals surface area contributed by atoms with Gasteiger partial charge in [-0.1, -0.05) is 46.3 Å². The van der Waals surface area contributed by atoms with Crippen molar-refractivity contribution in [3.8, 4) is 0 Å². The van der Waals surface area contributed by atoms with Crippen LogP contribution in [0.25, 0.3) is 10.8 Å². The summed E-state index contributed by atoms with van der Waals surface area (Å²) in [6.45, 7) is 3.96. The average molecular weight is 352 g/mol. The minimum atomic E-state index is 0.734. The maximum Gasteiger partial charge on any atom is 0.0591 e. The first-order valence-corrected chi connectivity index (χ1v) is 8.05. The number of nitrogens with one attached hydrogen (secondary N) is 1. The van der Waals surface area contributed by atoms with Crippen molar-refractivity contribution < 1.29 is 9.47 Å². The monoisotopic (exact) mass is 351 g/mol. The average Bonchev–Trinajstić information content (AvgIpc) is 2.52. The summed E-state index contributed by atoms with van der Waals surface area (Å²) in [4.78, 5) is 0. The summed E-state index contributed by atoms with van der Waals surface area (Å²) in [6, 6.07) is 12.7. The zero-order valence-electron chi connectivity index (χ0n) is 12.4. The predicted octanol–water partition coefficient (Wildman–Crippen LogP) is 3.40. The zero-order valence-corrected chi connectivity index (χ0v) is 14.0. The topological polar surface area (TPSA) is 30.5 Å². The van der Waals surface area contributed by atoms with E-state index in [0.29, 0.717) is 0 Å². The highest BCUT2D eigenvalue weighted by molar-refractivity contribution is 9.10. The maximum atomic E-state index is 5.68. The van der Waals surface area contributed by atoms with Crippen LogP contribution in [0, 0.1) is 0 Å². The molecule has 0 aliphatic heterocycles. The van der Waals surface area contributed by atoms with Gasteiger partial charge >= 0.3 is 0 Å². The van der Waals surface area contributed by atoms with Crippen LogP contribution in [0.2, 0.25) is 0 Å². The Morgan fingerprint density at radius 1 is 0.952 bits per heavy atom. The molecule has 0 atom stereocenters. The summed E-state index contributed by atoms with van der Waals surface area (Å²) >= 11 is 3.60. The third kappa shape index (κ3) is 5.08. The van der Waals surface area contributed by atoms with Crippen LogP contribution in [-0.2, 0) is 15.9 Å². The molecule has 0 saturated heterocycles. The Labute approximate surface area is 134 Å². The minimum Gasteiger partial charge on any atom is -0.383 e. The van der Waals surface area contributed by atoms with Crippen molar-refractivity contribution in [3.63, 3.8) is 0 Å². The van der Waals surface area contributed by atoms with Gasteiger partial charge in [0.2, 0.25) is 0 Å². The Kier molecular flexibility index (Phi) is 7.16. The molecule has 3 nitrogen and oxygen atoms in total. The molecule has 0 fully saturated rings. The summed E-state index contributed by atoms with van der Waals surface area (Å²) in [5.41, 5.74) is 1.33. The molecule has 0 amide bonds. The Bertz CT molecular complexity index is 559. The number of benzene rings is 2. The van der Waals surface area contributed by atoms with Gasteiger partial charge in [0.25, 0.3) is 0 Å². The highest BCUT2D eigenvalue weighted by Crippen LogP contribution is 2.27. The van der Waals surface area contributed by atoms with Crippen LogP contribution in [0.3, 0.4) is 0 Å². The molecule has 0 saturated carbocycles. The van der Waals surface area contributed by atoms with Crippen molar-refractivity contribution in [2.75, 3.05) is 40.0 Å². The predicted molar refractivity (Wildman–Crippen MR) is 90.9 cm³/mol. The fourth-order valence-corrected chi connectivity index (χ4v) is 2.75. The summed E-state index contributed by atoms with van der Waals surface area (Å²) in [5.74, 6) is 0. The third-order valence-corrected chi connectivity index (χ3v) is 4.07. The van der Waals surface area contributed by atoms with Crippen LogP contribution in [0.15, 0.2) is 40.9 Å². The Morgan fingerprint density at radius 3 is 2.52 bits per heavy atom. The Hall–Kier alpha value is -0.940. The molecule has 21 heavy (non-hydrogen) atoms. The van der Waals surface area contributed by atoms with Crippen molar-refractivity contribution in [1.29, 1.82) is 0 Å². The fraction of sp³-hybridized carbons (Fsp3) is 0.412. The normalized spacial score (nSPS) is 11.1. The number of ether oxygens (including phenoxy) is 2. The molecular weight excluding hydrogens is 330 g/mol. The molecule has 2 rings (SSSR count). The molecule has 4 heteroatoms. The van der Waals surface area contributed by atoms with E-state index in [1.54, 1.807) is 7.11 Å². The summed E-state index contributed by atoms with van der Waals surface area (Å²) in [6.07, 6.45) is 0.936. The van der Waals surface area contributed by atoms with Crippen molar-refractivity contribution in [1.82, 2.24) is 5.32 Å². The second-order valence-corrected chi connectivity index (χ2v) is 5.71. The molecular formula is C17H22BrNO2. The largest absolute Gasteiger partial charge is 0.383 e. The van der Waals surface area contributed by atoms with Crippen molar-refractivity contribution in [3.05, 3.63) is 46.4 Å². The first kappa shape index (κ1) is 16.4. The summed E-state index contributed by atoms with van der Waals surface area (Å²) in [5, 5.41) is 5.83. The quantitative estimate of drug-likeness (QED) is 0.702. The van der Waals surface area contributed by atoms with Crippen LogP contribution in [0.4, 0.5) is 0 Å². The van der Waals surface area contributed by atoms with Gasteiger partial charge in [0.05, 0.1) is 19.8 Å². The second-order valence-electron chi connectivity index (χ2n) is 4.86. The molecule has 2 aromatic carbocycles. The molecule has 0 bridgehead atoms. The molecule has 1 N–H and O–H groups in total. The van der Waals surface area contributed by atoms with Crippen molar-refractivity contribution in [2.24, 2.45) is 0 Å². The SMILES string of the molecule is COCCNCCOCCc1ccc(Br)c2ccccc12. The number of hydrogen-bond donors (Lipinski definition) is 1. The van der Waals surface area contributed by atoms with E-state index in [0.717, 1.165) is 43.8 Å². The first-order valence-electron chi connectivity index (χ1n) is 7.26. The molecule has 0 unspecified atom stereocenters. The number of hydrogen-bond acceptors (Lipinski definition) is 3. The van der Waals surface area contributed by atoms with Gasteiger partial charge in [-0.05, 0) is 28.8 Å². The second kappa shape index (κ2) is 9.15. The van der Waals surface area contributed by atoms with E-state index in [4.69, 9.17) is 9.47 Å². The van der Waals surface area contributed by atoms with Gasteiger partial charge in [-0.3, -0.25) is 0 Å². The van der Waals surface area contributed by atoms with Crippen LogP contribution < -0.4 is 5.32 Å². The maximum absolute atomic E-state index is 5.68. The highest BCUT2D eigenvalue weighted by atomic mass is 79.9. The van der Waals surface area contributed by atoms with Gasteiger partial charge in [0, 0.05) is 24.7 Å². The summed E-state index contributed by atoms with van der Waals surface area (Å²) < 4.78 is 11.8. The van der Waals surface area contributed by atoms with Gasteiger partial charge in [-0.25, -0.2) is 0 Å². The van der Waals surface area contributed by atoms with E-state index in [-0.39, 0.29) is 0 Å². The van der Waals surface area contributed by atoms with E-state index in [1.165, 1.54) is 16.3 Å². The Morgan fingerprint density at radius 2 is 1.71 bits per heavy atom. The van der Waals surface area contributed by atoms with Crippen LogP contribution in [0.5, 0.6) is 0 Å². The third-order valence-electron chi connectivity index (χ3n) is 3.38. The summed E-state index contributed by atoms with van der Waals surface area (Å²) in [7, 11) is 1.71. The molecule has 2 aromatic rings. The van der Waals surface area contributed by atoms with Gasteiger partial charge in [-0.2, -0.15) is 0 Å². The molecule has 0 radical (unpaired) electrons. The molecule has 0 aliphatic rings. The van der Waals surface area contributed by atoms with Gasteiger partial charge in [0.1, 0.15) is 0 Å². The lowest BCUT2D eigenvalue weighted by Gasteiger charge is -2.09. The van der Waals surface area contributed by atoms with Crippen molar-refractivity contribution >= 4 is 26.7 Å². The van der Waals surface area contributed by atoms with Crippen molar-refractivity contribution in [2.45, 2.75) is 6.42 Å². The lowest BCUT2D eigenvalue weighted by atomic mass is 10.0. The minimum absolute atomic E-state index is 0.734. The first-order chi connectivity index (χ1) is 10.3.